The highest BCUT2D eigenvalue weighted by Crippen LogP contribution is 2.36. The molecule has 0 aliphatic heterocycles. The van der Waals surface area contributed by atoms with E-state index in [2.05, 4.69) is 199 Å². The number of aromatic nitrogens is 3. The molecule has 0 spiro atoms. The molecule has 256 valence electrons. The van der Waals surface area contributed by atoms with Gasteiger partial charge in [-0.2, -0.15) is 0 Å². The summed E-state index contributed by atoms with van der Waals surface area (Å²) in [5.41, 5.74) is 14.5. The summed E-state index contributed by atoms with van der Waals surface area (Å²) in [7, 11) is 0. The van der Waals surface area contributed by atoms with Gasteiger partial charge in [0.1, 0.15) is 0 Å². The molecule has 0 aliphatic rings. The Labute approximate surface area is 318 Å². The maximum atomic E-state index is 5.19. The molecular weight excluding hydrogens is 667 g/mol. The van der Waals surface area contributed by atoms with Gasteiger partial charge < -0.3 is 4.57 Å². The average molecular weight is 700 g/mol. The van der Waals surface area contributed by atoms with E-state index in [1.807, 2.05) is 6.20 Å². The smallest absolute Gasteiger partial charge is 0.0979 e. The Kier molecular flexibility index (Phi) is 7.17. The molecule has 0 saturated heterocycles. The fourth-order valence-corrected chi connectivity index (χ4v) is 8.36. The van der Waals surface area contributed by atoms with Crippen molar-refractivity contribution in [1.82, 2.24) is 14.5 Å². The van der Waals surface area contributed by atoms with E-state index in [4.69, 9.17) is 9.97 Å². The van der Waals surface area contributed by atoms with Gasteiger partial charge in [-0.1, -0.05) is 158 Å². The van der Waals surface area contributed by atoms with Crippen LogP contribution < -0.4 is 0 Å². The summed E-state index contributed by atoms with van der Waals surface area (Å²) in [5.74, 6) is 0. The number of hydrogen-bond donors (Lipinski definition) is 0. The van der Waals surface area contributed by atoms with E-state index in [-0.39, 0.29) is 0 Å². The lowest BCUT2D eigenvalue weighted by Gasteiger charge is -2.11. The van der Waals surface area contributed by atoms with Crippen molar-refractivity contribution in [3.05, 3.63) is 200 Å². The minimum atomic E-state index is 0.869. The Morgan fingerprint density at radius 2 is 0.727 bits per heavy atom. The zero-order valence-corrected chi connectivity index (χ0v) is 29.9. The molecule has 0 atom stereocenters. The first-order chi connectivity index (χ1) is 27.3. The minimum absolute atomic E-state index is 0.869. The largest absolute Gasteiger partial charge is 0.309 e. The first-order valence-corrected chi connectivity index (χ1v) is 18.7. The summed E-state index contributed by atoms with van der Waals surface area (Å²) >= 11 is 0. The molecule has 3 heteroatoms. The quantitative estimate of drug-likeness (QED) is 0.167. The summed E-state index contributed by atoms with van der Waals surface area (Å²) in [4.78, 5) is 10.2. The fourth-order valence-electron chi connectivity index (χ4n) is 8.36. The first kappa shape index (κ1) is 31.2. The van der Waals surface area contributed by atoms with Crippen LogP contribution in [-0.2, 0) is 0 Å². The Morgan fingerprint density at radius 1 is 0.309 bits per heavy atom. The van der Waals surface area contributed by atoms with E-state index >= 15 is 0 Å². The molecular formula is C52H33N3. The van der Waals surface area contributed by atoms with Gasteiger partial charge >= 0.3 is 0 Å². The second kappa shape index (κ2) is 12.6. The number of para-hydroxylation sites is 2. The van der Waals surface area contributed by atoms with Gasteiger partial charge in [-0.15, -0.1) is 0 Å². The normalized spacial score (nSPS) is 11.6. The highest BCUT2D eigenvalue weighted by Gasteiger charge is 2.14. The van der Waals surface area contributed by atoms with Crippen LogP contribution in [0.15, 0.2) is 200 Å². The van der Waals surface area contributed by atoms with Crippen LogP contribution in [0.5, 0.6) is 0 Å². The molecule has 2 aromatic heterocycles. The van der Waals surface area contributed by atoms with E-state index in [9.17, 15) is 0 Å². The van der Waals surface area contributed by atoms with Crippen molar-refractivity contribution in [2.75, 3.05) is 0 Å². The first-order valence-electron chi connectivity index (χ1n) is 18.7. The van der Waals surface area contributed by atoms with Crippen LogP contribution >= 0.6 is 0 Å². The molecule has 11 rings (SSSR count). The molecule has 55 heavy (non-hydrogen) atoms. The van der Waals surface area contributed by atoms with Crippen molar-refractivity contribution in [1.29, 1.82) is 0 Å². The Hall–Kier alpha value is -7.36. The maximum absolute atomic E-state index is 5.19. The van der Waals surface area contributed by atoms with Crippen molar-refractivity contribution < 1.29 is 0 Å². The Balaban J connectivity index is 0.890. The van der Waals surface area contributed by atoms with Crippen LogP contribution in [0.25, 0.3) is 105 Å². The van der Waals surface area contributed by atoms with Gasteiger partial charge in [-0.3, -0.25) is 4.98 Å². The molecule has 0 radical (unpaired) electrons. The summed E-state index contributed by atoms with van der Waals surface area (Å²) in [6.45, 7) is 0. The van der Waals surface area contributed by atoms with Crippen LogP contribution in [0.4, 0.5) is 0 Å². The second-order valence-corrected chi connectivity index (χ2v) is 14.2. The van der Waals surface area contributed by atoms with Crippen LogP contribution in [0.2, 0.25) is 0 Å². The average Bonchev–Trinajstić information content (AvgIpc) is 3.61. The Bertz CT molecular complexity index is 3160. The monoisotopic (exact) mass is 699 g/mol. The molecule has 3 nitrogen and oxygen atoms in total. The van der Waals surface area contributed by atoms with E-state index in [0.29, 0.717) is 0 Å². The van der Waals surface area contributed by atoms with Crippen LogP contribution in [0.1, 0.15) is 0 Å². The molecule has 0 bridgehead atoms. The summed E-state index contributed by atoms with van der Waals surface area (Å²) < 4.78 is 2.36. The van der Waals surface area contributed by atoms with Crippen LogP contribution in [-0.4, -0.2) is 14.5 Å². The predicted molar refractivity (Wildman–Crippen MR) is 231 cm³/mol. The third-order valence-electron chi connectivity index (χ3n) is 11.0. The zero-order chi connectivity index (χ0) is 36.3. The van der Waals surface area contributed by atoms with E-state index in [1.54, 1.807) is 0 Å². The molecule has 0 saturated carbocycles. The third-order valence-corrected chi connectivity index (χ3v) is 11.0. The van der Waals surface area contributed by atoms with Crippen molar-refractivity contribution in [2.24, 2.45) is 0 Å². The van der Waals surface area contributed by atoms with Gasteiger partial charge in [0.15, 0.2) is 0 Å². The van der Waals surface area contributed by atoms with Crippen molar-refractivity contribution in [2.45, 2.75) is 0 Å². The van der Waals surface area contributed by atoms with E-state index in [1.165, 1.54) is 60.4 Å². The number of fused-ring (bicyclic) bond motifs is 9. The predicted octanol–water partition coefficient (Wildman–Crippen LogP) is 13.7. The van der Waals surface area contributed by atoms with E-state index in [0.717, 1.165) is 44.3 Å². The molecule has 0 amide bonds. The van der Waals surface area contributed by atoms with Crippen molar-refractivity contribution in [3.63, 3.8) is 0 Å². The lowest BCUT2D eigenvalue weighted by atomic mass is 9.95. The highest BCUT2D eigenvalue weighted by molar-refractivity contribution is 6.23. The van der Waals surface area contributed by atoms with Crippen molar-refractivity contribution in [3.8, 4) is 50.3 Å². The molecule has 2 heterocycles. The summed E-state index contributed by atoms with van der Waals surface area (Å²) in [6.07, 6.45) is 1.91. The summed E-state index contributed by atoms with van der Waals surface area (Å²) in [5, 5.41) is 7.20. The topological polar surface area (TPSA) is 30.7 Å². The van der Waals surface area contributed by atoms with Crippen molar-refractivity contribution >= 4 is 54.4 Å². The molecule has 0 unspecified atom stereocenters. The summed E-state index contributed by atoms with van der Waals surface area (Å²) in [6, 6.07) is 69.6. The number of benzene rings is 9. The maximum Gasteiger partial charge on any atom is 0.0979 e. The van der Waals surface area contributed by atoms with Gasteiger partial charge in [0, 0.05) is 32.8 Å². The minimum Gasteiger partial charge on any atom is -0.309 e. The van der Waals surface area contributed by atoms with Gasteiger partial charge in [0.05, 0.1) is 34.0 Å². The fraction of sp³-hybridized carbons (Fsp3) is 0. The van der Waals surface area contributed by atoms with Gasteiger partial charge in [-0.05, 0) is 80.6 Å². The lowest BCUT2D eigenvalue weighted by molar-refractivity contribution is 1.18. The van der Waals surface area contributed by atoms with Gasteiger partial charge in [0.25, 0.3) is 0 Å². The number of hydrogen-bond acceptors (Lipinski definition) is 2. The molecule has 9 aromatic carbocycles. The van der Waals surface area contributed by atoms with Crippen LogP contribution in [0, 0.1) is 0 Å². The standard InChI is InChI=1S/C52H33N3/c1-3-19-46-42(15-1)43-16-2-4-20-47(43)52-51(46)53-33-48(54-52)36-25-23-34(24-26-36)37-11-9-13-39(31-37)40-14-10-12-38(32-40)35-27-29-41(30-28-35)55-49-21-7-5-17-44(49)45-18-6-8-22-50(45)55/h1-33H. The highest BCUT2D eigenvalue weighted by atomic mass is 15.0. The number of rotatable bonds is 5. The van der Waals surface area contributed by atoms with Gasteiger partial charge in [0.2, 0.25) is 0 Å². The lowest BCUT2D eigenvalue weighted by Crippen LogP contribution is -1.93. The molecule has 0 N–H and O–H groups in total. The van der Waals surface area contributed by atoms with Crippen LogP contribution in [0.3, 0.4) is 0 Å². The molecule has 0 aliphatic carbocycles. The van der Waals surface area contributed by atoms with Gasteiger partial charge in [-0.25, -0.2) is 4.98 Å². The van der Waals surface area contributed by atoms with E-state index < -0.39 is 0 Å². The zero-order valence-electron chi connectivity index (χ0n) is 29.9. The Morgan fingerprint density at radius 3 is 1.27 bits per heavy atom. The SMILES string of the molecule is c1cc(-c2ccc(-c3cnc4c5ccccc5c5ccccc5c4n3)cc2)cc(-c2cccc(-c3ccc(-n4c5ccccc5c5ccccc54)cc3)c2)c1. The molecule has 11 aromatic rings. The number of nitrogens with zero attached hydrogens (tertiary/aromatic N) is 3. The molecule has 0 fully saturated rings. The second-order valence-electron chi connectivity index (χ2n) is 14.2. The third kappa shape index (κ3) is 5.20.